The Bertz CT molecular complexity index is 378. The summed E-state index contributed by atoms with van der Waals surface area (Å²) in [6.45, 7) is 5.37. The zero-order valence-corrected chi connectivity index (χ0v) is 11.0. The molecule has 0 amide bonds. The molecule has 0 fully saturated rings. The number of nitrogens with one attached hydrogen (secondary N) is 1. The van der Waals surface area contributed by atoms with Gasteiger partial charge in [-0.05, 0) is 62.8 Å². The van der Waals surface area contributed by atoms with Crippen LogP contribution in [-0.4, -0.2) is 6.54 Å². The molecule has 1 unspecified atom stereocenters. The van der Waals surface area contributed by atoms with Gasteiger partial charge in [0.1, 0.15) is 5.76 Å². The lowest BCUT2D eigenvalue weighted by molar-refractivity contribution is 0.428. The average molecular weight is 233 g/mol. The summed E-state index contributed by atoms with van der Waals surface area (Å²) in [5.74, 6) is 1.10. The number of hydrogen-bond donors (Lipinski definition) is 1. The lowest BCUT2D eigenvalue weighted by Crippen LogP contribution is -2.25. The van der Waals surface area contributed by atoms with Crippen LogP contribution in [0.2, 0.25) is 0 Å². The molecule has 2 rings (SSSR count). The average Bonchev–Trinajstić information content (AvgIpc) is 2.78. The fourth-order valence-corrected chi connectivity index (χ4v) is 2.49. The zero-order chi connectivity index (χ0) is 12.1. The third-order valence-corrected chi connectivity index (χ3v) is 3.46. The second kappa shape index (κ2) is 6.06. The highest BCUT2D eigenvalue weighted by molar-refractivity contribution is 5.27. The molecule has 2 heteroatoms. The van der Waals surface area contributed by atoms with Crippen molar-refractivity contribution in [2.45, 2.75) is 52.0 Å². The Morgan fingerprint density at radius 3 is 2.88 bits per heavy atom. The van der Waals surface area contributed by atoms with Gasteiger partial charge in [0, 0.05) is 0 Å². The molecule has 17 heavy (non-hydrogen) atoms. The van der Waals surface area contributed by atoms with E-state index < -0.39 is 0 Å². The summed E-state index contributed by atoms with van der Waals surface area (Å²) in [6.07, 6.45) is 10.4. The molecule has 0 saturated heterocycles. The first-order chi connectivity index (χ1) is 8.33. The van der Waals surface area contributed by atoms with Crippen molar-refractivity contribution in [1.82, 2.24) is 5.32 Å². The van der Waals surface area contributed by atoms with Crippen LogP contribution in [0.15, 0.2) is 28.4 Å². The Morgan fingerprint density at radius 1 is 1.41 bits per heavy atom. The maximum Gasteiger partial charge on any atom is 0.127 e. The van der Waals surface area contributed by atoms with Gasteiger partial charge in [-0.1, -0.05) is 13.0 Å². The first-order valence-electron chi connectivity index (χ1n) is 6.79. The van der Waals surface area contributed by atoms with Gasteiger partial charge in [0.05, 0.1) is 12.3 Å². The van der Waals surface area contributed by atoms with E-state index in [9.17, 15) is 0 Å². The van der Waals surface area contributed by atoms with Crippen LogP contribution in [0.1, 0.15) is 56.4 Å². The van der Waals surface area contributed by atoms with Crippen LogP contribution in [0.25, 0.3) is 0 Å². The SMILES string of the molecule is CCCNC(C1=CCCCC1)c1occc1C. The van der Waals surface area contributed by atoms with E-state index in [1.807, 2.05) is 0 Å². The smallest absolute Gasteiger partial charge is 0.127 e. The summed E-state index contributed by atoms with van der Waals surface area (Å²) >= 11 is 0. The van der Waals surface area contributed by atoms with Crippen LogP contribution in [0, 0.1) is 6.92 Å². The molecule has 0 bridgehead atoms. The second-order valence-electron chi connectivity index (χ2n) is 4.88. The number of furan rings is 1. The molecular formula is C15H23NO. The molecule has 1 aliphatic carbocycles. The topological polar surface area (TPSA) is 25.2 Å². The minimum absolute atomic E-state index is 0.297. The molecule has 0 aliphatic heterocycles. The van der Waals surface area contributed by atoms with Gasteiger partial charge in [-0.3, -0.25) is 0 Å². The van der Waals surface area contributed by atoms with E-state index in [1.54, 1.807) is 6.26 Å². The first-order valence-corrected chi connectivity index (χ1v) is 6.79. The van der Waals surface area contributed by atoms with E-state index in [1.165, 1.54) is 36.8 Å². The van der Waals surface area contributed by atoms with E-state index in [2.05, 4.69) is 31.3 Å². The largest absolute Gasteiger partial charge is 0.467 e. The number of aryl methyl sites for hydroxylation is 1. The molecule has 1 atom stereocenters. The van der Waals surface area contributed by atoms with Gasteiger partial charge in [0.25, 0.3) is 0 Å². The molecule has 94 valence electrons. The molecule has 0 radical (unpaired) electrons. The Labute approximate surface area is 104 Å². The normalized spacial score (nSPS) is 17.9. The van der Waals surface area contributed by atoms with Crippen LogP contribution in [-0.2, 0) is 0 Å². The lowest BCUT2D eigenvalue weighted by atomic mass is 9.91. The van der Waals surface area contributed by atoms with Crippen molar-refractivity contribution >= 4 is 0 Å². The fourth-order valence-electron chi connectivity index (χ4n) is 2.49. The molecule has 1 aromatic rings. The van der Waals surface area contributed by atoms with E-state index in [0.717, 1.165) is 18.7 Å². The third-order valence-electron chi connectivity index (χ3n) is 3.46. The van der Waals surface area contributed by atoms with E-state index >= 15 is 0 Å². The van der Waals surface area contributed by atoms with Crippen molar-refractivity contribution in [3.8, 4) is 0 Å². The first kappa shape index (κ1) is 12.4. The van der Waals surface area contributed by atoms with Gasteiger partial charge in [0.2, 0.25) is 0 Å². The monoisotopic (exact) mass is 233 g/mol. The highest BCUT2D eigenvalue weighted by atomic mass is 16.3. The molecule has 1 heterocycles. The Morgan fingerprint density at radius 2 is 2.29 bits per heavy atom. The molecule has 0 aromatic carbocycles. The molecule has 1 aromatic heterocycles. The summed E-state index contributed by atoms with van der Waals surface area (Å²) in [5.41, 5.74) is 2.77. The van der Waals surface area contributed by atoms with Crippen LogP contribution in [0.5, 0.6) is 0 Å². The van der Waals surface area contributed by atoms with Crippen molar-refractivity contribution in [1.29, 1.82) is 0 Å². The van der Waals surface area contributed by atoms with Crippen LogP contribution < -0.4 is 5.32 Å². The van der Waals surface area contributed by atoms with Crippen molar-refractivity contribution in [3.63, 3.8) is 0 Å². The molecular weight excluding hydrogens is 210 g/mol. The van der Waals surface area contributed by atoms with Crippen molar-refractivity contribution < 1.29 is 4.42 Å². The van der Waals surface area contributed by atoms with Gasteiger partial charge in [-0.15, -0.1) is 0 Å². The summed E-state index contributed by atoms with van der Waals surface area (Å²) in [5, 5.41) is 3.62. The number of allylic oxidation sites excluding steroid dienone is 1. The fraction of sp³-hybridized carbons (Fsp3) is 0.600. The third kappa shape index (κ3) is 3.01. The molecule has 0 spiro atoms. The molecule has 2 nitrogen and oxygen atoms in total. The van der Waals surface area contributed by atoms with Crippen molar-refractivity contribution in [2.75, 3.05) is 6.54 Å². The lowest BCUT2D eigenvalue weighted by Gasteiger charge is -2.23. The predicted molar refractivity (Wildman–Crippen MR) is 71.0 cm³/mol. The van der Waals surface area contributed by atoms with Gasteiger partial charge in [0.15, 0.2) is 0 Å². The quantitative estimate of drug-likeness (QED) is 0.774. The predicted octanol–water partition coefficient (Wildman–Crippen LogP) is 4.13. The maximum atomic E-state index is 5.67. The molecule has 1 N–H and O–H groups in total. The van der Waals surface area contributed by atoms with Gasteiger partial charge >= 0.3 is 0 Å². The minimum Gasteiger partial charge on any atom is -0.467 e. The highest BCUT2D eigenvalue weighted by Gasteiger charge is 2.21. The maximum absolute atomic E-state index is 5.67. The Kier molecular flexibility index (Phi) is 4.43. The zero-order valence-electron chi connectivity index (χ0n) is 11.0. The van der Waals surface area contributed by atoms with Crippen molar-refractivity contribution in [3.05, 3.63) is 35.3 Å². The summed E-state index contributed by atoms with van der Waals surface area (Å²) in [4.78, 5) is 0. The Balaban J connectivity index is 2.18. The van der Waals surface area contributed by atoms with Crippen LogP contribution >= 0.6 is 0 Å². The van der Waals surface area contributed by atoms with E-state index in [-0.39, 0.29) is 0 Å². The number of rotatable bonds is 5. The highest BCUT2D eigenvalue weighted by Crippen LogP contribution is 2.31. The van der Waals surface area contributed by atoms with Gasteiger partial charge in [-0.2, -0.15) is 0 Å². The van der Waals surface area contributed by atoms with Gasteiger partial charge < -0.3 is 9.73 Å². The van der Waals surface area contributed by atoms with Gasteiger partial charge in [-0.25, -0.2) is 0 Å². The summed E-state index contributed by atoms with van der Waals surface area (Å²) < 4.78 is 5.67. The number of hydrogen-bond acceptors (Lipinski definition) is 2. The standard InChI is InChI=1S/C15H23NO/c1-3-10-16-14(13-7-5-4-6-8-13)15-12(2)9-11-17-15/h7,9,11,14,16H,3-6,8,10H2,1-2H3. The molecule has 1 aliphatic rings. The Hall–Kier alpha value is -1.02. The van der Waals surface area contributed by atoms with Crippen LogP contribution in [0.3, 0.4) is 0 Å². The minimum atomic E-state index is 0.297. The summed E-state index contributed by atoms with van der Waals surface area (Å²) in [6, 6.07) is 2.35. The van der Waals surface area contributed by atoms with E-state index in [0.29, 0.717) is 6.04 Å². The second-order valence-corrected chi connectivity index (χ2v) is 4.88. The van der Waals surface area contributed by atoms with Crippen LogP contribution in [0.4, 0.5) is 0 Å². The summed E-state index contributed by atoms with van der Waals surface area (Å²) in [7, 11) is 0. The van der Waals surface area contributed by atoms with Crippen molar-refractivity contribution in [2.24, 2.45) is 0 Å². The molecule has 0 saturated carbocycles. The van der Waals surface area contributed by atoms with E-state index in [4.69, 9.17) is 4.42 Å².